The first-order valence-corrected chi connectivity index (χ1v) is 10.0. The van der Waals surface area contributed by atoms with Gasteiger partial charge in [-0.05, 0) is 47.5 Å². The molecule has 0 bridgehead atoms. The van der Waals surface area contributed by atoms with E-state index >= 15 is 0 Å². The van der Waals surface area contributed by atoms with Gasteiger partial charge in [-0.3, -0.25) is 4.79 Å². The predicted molar refractivity (Wildman–Crippen MR) is 121 cm³/mol. The molecule has 0 saturated carbocycles. The molecule has 32 heavy (non-hydrogen) atoms. The fourth-order valence-electron chi connectivity index (χ4n) is 2.90. The van der Waals surface area contributed by atoms with Crippen LogP contribution in [0.2, 0.25) is 0 Å². The van der Waals surface area contributed by atoms with Crippen LogP contribution < -0.4 is 9.47 Å². The second-order valence-electron chi connectivity index (χ2n) is 6.88. The van der Waals surface area contributed by atoms with Gasteiger partial charge >= 0.3 is 0 Å². The van der Waals surface area contributed by atoms with Crippen LogP contribution in [0.1, 0.15) is 22.9 Å². The maximum Gasteiger partial charge on any atom is 0.271 e. The number of rotatable bonds is 10. The molecule has 0 spiro atoms. The van der Waals surface area contributed by atoms with E-state index in [2.05, 4.69) is 5.10 Å². The lowest BCUT2D eigenvalue weighted by molar-refractivity contribution is -0.147. The van der Waals surface area contributed by atoms with Gasteiger partial charge in [0.25, 0.3) is 5.91 Å². The zero-order chi connectivity index (χ0) is 22.8. The Bertz CT molecular complexity index is 1000. The number of aliphatic hydroxyl groups excluding tert-OH is 1. The van der Waals surface area contributed by atoms with Gasteiger partial charge in [-0.25, -0.2) is 0 Å². The molecule has 0 aliphatic carbocycles. The van der Waals surface area contributed by atoms with Crippen molar-refractivity contribution in [2.24, 2.45) is 5.10 Å². The van der Waals surface area contributed by atoms with E-state index in [9.17, 15) is 9.90 Å². The van der Waals surface area contributed by atoms with Crippen molar-refractivity contribution in [3.63, 3.8) is 0 Å². The Morgan fingerprint density at radius 3 is 2.12 bits per heavy atom. The third-order valence-electron chi connectivity index (χ3n) is 4.69. The van der Waals surface area contributed by atoms with E-state index in [0.29, 0.717) is 17.1 Å². The van der Waals surface area contributed by atoms with E-state index in [1.165, 1.54) is 6.21 Å². The van der Waals surface area contributed by atoms with E-state index in [1.54, 1.807) is 62.8 Å². The molecule has 0 aliphatic rings. The van der Waals surface area contributed by atoms with Gasteiger partial charge in [0.15, 0.2) is 6.23 Å². The molecule has 0 aliphatic heterocycles. The highest BCUT2D eigenvalue weighted by Gasteiger charge is 2.23. The van der Waals surface area contributed by atoms with Crippen LogP contribution in [0.4, 0.5) is 0 Å². The summed E-state index contributed by atoms with van der Waals surface area (Å²) in [6, 6.07) is 23.5. The van der Waals surface area contributed by atoms with E-state index in [4.69, 9.17) is 14.2 Å². The van der Waals surface area contributed by atoms with Crippen LogP contribution >= 0.6 is 0 Å². The summed E-state index contributed by atoms with van der Waals surface area (Å²) in [4.78, 5) is 12.9. The van der Waals surface area contributed by atoms with Crippen LogP contribution in [0.25, 0.3) is 0 Å². The second kappa shape index (κ2) is 11.6. The van der Waals surface area contributed by atoms with Crippen molar-refractivity contribution in [1.29, 1.82) is 0 Å². The first-order valence-electron chi connectivity index (χ1n) is 10.0. The normalized spacial score (nSPS) is 11.8. The van der Waals surface area contributed by atoms with Crippen molar-refractivity contribution in [3.05, 3.63) is 95.6 Å². The first kappa shape index (κ1) is 23.0. The Morgan fingerprint density at radius 1 is 0.938 bits per heavy atom. The topological polar surface area (TPSA) is 80.6 Å². The van der Waals surface area contributed by atoms with Gasteiger partial charge in [0.05, 0.1) is 27.0 Å². The van der Waals surface area contributed by atoms with Crippen molar-refractivity contribution in [1.82, 2.24) is 5.01 Å². The lowest BCUT2D eigenvalue weighted by Gasteiger charge is -2.23. The fourth-order valence-corrected chi connectivity index (χ4v) is 2.90. The van der Waals surface area contributed by atoms with Crippen LogP contribution in [0.5, 0.6) is 11.5 Å². The smallest absolute Gasteiger partial charge is 0.271 e. The third kappa shape index (κ3) is 6.41. The van der Waals surface area contributed by atoms with Gasteiger partial charge in [-0.15, -0.1) is 0 Å². The zero-order valence-corrected chi connectivity index (χ0v) is 18.0. The SMILES string of the molecule is COc1ccc(/C=N/N(C(=O)COCc2ccccc2)C(O)c2ccc(OC)cc2)cc1. The Balaban J connectivity index is 1.74. The van der Waals surface area contributed by atoms with E-state index in [0.717, 1.165) is 16.1 Å². The summed E-state index contributed by atoms with van der Waals surface area (Å²) in [6.45, 7) is 0.0449. The molecule has 166 valence electrons. The monoisotopic (exact) mass is 434 g/mol. The third-order valence-corrected chi connectivity index (χ3v) is 4.69. The lowest BCUT2D eigenvalue weighted by atomic mass is 10.2. The highest BCUT2D eigenvalue weighted by Crippen LogP contribution is 2.22. The molecule has 3 aromatic carbocycles. The summed E-state index contributed by atoms with van der Waals surface area (Å²) in [5.74, 6) is 0.878. The molecular formula is C25H26N2O5. The lowest BCUT2D eigenvalue weighted by Crippen LogP contribution is -2.33. The van der Waals surface area contributed by atoms with E-state index < -0.39 is 12.1 Å². The number of carbonyl (C=O) groups is 1. The minimum Gasteiger partial charge on any atom is -0.497 e. The van der Waals surface area contributed by atoms with Crippen LogP contribution in [0.3, 0.4) is 0 Å². The molecule has 7 heteroatoms. The average molecular weight is 434 g/mol. The van der Waals surface area contributed by atoms with Crippen LogP contribution in [-0.2, 0) is 16.1 Å². The van der Waals surface area contributed by atoms with Gasteiger partial charge in [0.2, 0.25) is 0 Å². The van der Waals surface area contributed by atoms with Crippen molar-refractivity contribution in [2.45, 2.75) is 12.8 Å². The van der Waals surface area contributed by atoms with Gasteiger partial charge in [-0.2, -0.15) is 10.1 Å². The largest absolute Gasteiger partial charge is 0.497 e. The number of carbonyl (C=O) groups excluding carboxylic acids is 1. The number of nitrogens with zero attached hydrogens (tertiary/aromatic N) is 2. The Kier molecular flexibility index (Phi) is 8.36. The molecule has 0 radical (unpaired) electrons. The summed E-state index contributed by atoms with van der Waals surface area (Å²) >= 11 is 0. The highest BCUT2D eigenvalue weighted by molar-refractivity contribution is 5.83. The zero-order valence-electron chi connectivity index (χ0n) is 18.0. The maximum atomic E-state index is 12.9. The number of benzene rings is 3. The minimum atomic E-state index is -1.29. The van der Waals surface area contributed by atoms with Crippen molar-refractivity contribution in [3.8, 4) is 11.5 Å². The Morgan fingerprint density at radius 2 is 1.53 bits per heavy atom. The summed E-state index contributed by atoms with van der Waals surface area (Å²) in [5.41, 5.74) is 2.19. The molecular weight excluding hydrogens is 408 g/mol. The molecule has 1 amide bonds. The predicted octanol–water partition coefficient (Wildman–Crippen LogP) is 3.77. The number of methoxy groups -OCH3 is 2. The van der Waals surface area contributed by atoms with Gasteiger partial charge < -0.3 is 19.3 Å². The first-order chi connectivity index (χ1) is 15.6. The van der Waals surface area contributed by atoms with Crippen molar-refractivity contribution in [2.75, 3.05) is 20.8 Å². The molecule has 3 rings (SSSR count). The van der Waals surface area contributed by atoms with Crippen LogP contribution in [0.15, 0.2) is 84.0 Å². The van der Waals surface area contributed by atoms with Crippen molar-refractivity contribution >= 4 is 12.1 Å². The Hall–Kier alpha value is -3.68. The number of ether oxygens (including phenoxy) is 3. The number of amides is 1. The highest BCUT2D eigenvalue weighted by atomic mass is 16.5. The molecule has 7 nitrogen and oxygen atoms in total. The molecule has 0 heterocycles. The number of aliphatic hydroxyl groups is 1. The molecule has 3 aromatic rings. The molecule has 1 unspecified atom stereocenters. The number of hydrazone groups is 1. The van der Waals surface area contributed by atoms with Crippen LogP contribution in [0, 0.1) is 0 Å². The molecule has 0 fully saturated rings. The van der Waals surface area contributed by atoms with Crippen molar-refractivity contribution < 1.29 is 24.1 Å². The van der Waals surface area contributed by atoms with E-state index in [-0.39, 0.29) is 13.2 Å². The van der Waals surface area contributed by atoms with E-state index in [1.807, 2.05) is 30.3 Å². The molecule has 1 N–H and O–H groups in total. The quantitative estimate of drug-likeness (QED) is 0.298. The summed E-state index contributed by atoms with van der Waals surface area (Å²) in [7, 11) is 3.15. The fraction of sp³-hybridized carbons (Fsp3) is 0.200. The molecule has 1 atom stereocenters. The van der Waals surface area contributed by atoms with Gasteiger partial charge in [0, 0.05) is 5.56 Å². The summed E-state index contributed by atoms with van der Waals surface area (Å²) in [6.07, 6.45) is 0.213. The average Bonchev–Trinajstić information content (AvgIpc) is 2.85. The minimum absolute atomic E-state index is 0.234. The summed E-state index contributed by atoms with van der Waals surface area (Å²) < 4.78 is 15.9. The van der Waals surface area contributed by atoms with Gasteiger partial charge in [-0.1, -0.05) is 42.5 Å². The molecule has 0 aromatic heterocycles. The summed E-state index contributed by atoms with van der Waals surface area (Å²) in [5, 5.41) is 16.1. The molecule has 0 saturated heterocycles. The Labute approximate surface area is 187 Å². The maximum absolute atomic E-state index is 12.9. The second-order valence-corrected chi connectivity index (χ2v) is 6.88. The van der Waals surface area contributed by atoms with Crippen LogP contribution in [-0.4, -0.2) is 43.1 Å². The van der Waals surface area contributed by atoms with Gasteiger partial charge in [0.1, 0.15) is 18.1 Å². The standard InChI is InChI=1S/C25H26N2O5/c1-30-22-12-8-19(9-13-22)16-26-27(25(29)21-10-14-23(31-2)15-11-21)24(28)18-32-17-20-6-4-3-5-7-20/h3-16,25,29H,17-18H2,1-2H3/b26-16+. The number of hydrogen-bond donors (Lipinski definition) is 1. The number of hydrogen-bond acceptors (Lipinski definition) is 6.